The largest absolute Gasteiger partial charge is 0.385 e. The summed E-state index contributed by atoms with van der Waals surface area (Å²) in [7, 11) is 3.67. The first kappa shape index (κ1) is 15.8. The van der Waals surface area contributed by atoms with Crippen LogP contribution in [0.5, 0.6) is 0 Å². The molecule has 4 nitrogen and oxygen atoms in total. The van der Waals surface area contributed by atoms with Crippen LogP contribution < -0.4 is 5.32 Å². The fraction of sp³-hybridized carbons (Fsp3) is 1.00. The Balaban J connectivity index is 3.19. The van der Waals surface area contributed by atoms with Crippen LogP contribution in [0.3, 0.4) is 0 Å². The summed E-state index contributed by atoms with van der Waals surface area (Å²) >= 11 is 0. The highest BCUT2D eigenvalue weighted by molar-refractivity contribution is 4.66. The molecule has 0 heterocycles. The van der Waals surface area contributed by atoms with E-state index in [0.717, 1.165) is 26.2 Å². The number of rotatable bonds is 11. The molecule has 0 aliphatic heterocycles. The molecule has 0 amide bonds. The van der Waals surface area contributed by atoms with Crippen molar-refractivity contribution in [1.29, 1.82) is 0 Å². The quantitative estimate of drug-likeness (QED) is 0.546. The lowest BCUT2D eigenvalue weighted by molar-refractivity contribution is 0.0291. The van der Waals surface area contributed by atoms with Gasteiger partial charge in [-0.15, -0.1) is 0 Å². The van der Waals surface area contributed by atoms with Gasteiger partial charge in [-0.2, -0.15) is 0 Å². The molecule has 0 aromatic heterocycles. The van der Waals surface area contributed by atoms with E-state index in [9.17, 15) is 0 Å². The molecule has 1 atom stereocenters. The Bertz CT molecular complexity index is 142. The number of hydrogen-bond acceptors (Lipinski definition) is 4. The van der Waals surface area contributed by atoms with Crippen LogP contribution in [0.2, 0.25) is 0 Å². The van der Waals surface area contributed by atoms with Gasteiger partial charge in [0.2, 0.25) is 0 Å². The highest BCUT2D eigenvalue weighted by Crippen LogP contribution is 2.00. The second-order valence-electron chi connectivity index (χ2n) is 4.17. The van der Waals surface area contributed by atoms with Gasteiger partial charge in [-0.3, -0.25) is 0 Å². The monoisotopic (exact) mass is 233 g/mol. The van der Waals surface area contributed by atoms with Crippen molar-refractivity contribution in [3.05, 3.63) is 0 Å². The van der Waals surface area contributed by atoms with E-state index in [-0.39, 0.29) is 0 Å². The lowest BCUT2D eigenvalue weighted by atomic mass is 10.1. The highest BCUT2D eigenvalue weighted by atomic mass is 16.5. The van der Waals surface area contributed by atoms with Crippen LogP contribution in [-0.2, 0) is 14.2 Å². The maximum absolute atomic E-state index is 5.54. The van der Waals surface area contributed by atoms with Gasteiger partial charge in [-0.05, 0) is 19.4 Å². The smallest absolute Gasteiger partial charge is 0.0701 e. The summed E-state index contributed by atoms with van der Waals surface area (Å²) in [6.45, 7) is 7.95. The fourth-order valence-corrected chi connectivity index (χ4v) is 1.34. The molecule has 98 valence electrons. The lowest BCUT2D eigenvalue weighted by Crippen LogP contribution is -2.35. The second kappa shape index (κ2) is 11.3. The van der Waals surface area contributed by atoms with Crippen LogP contribution in [0.4, 0.5) is 0 Å². The van der Waals surface area contributed by atoms with Crippen molar-refractivity contribution in [2.24, 2.45) is 5.92 Å². The van der Waals surface area contributed by atoms with E-state index in [1.165, 1.54) is 0 Å². The topological polar surface area (TPSA) is 39.7 Å². The maximum Gasteiger partial charge on any atom is 0.0701 e. The number of nitrogens with one attached hydrogen (secondary N) is 1. The summed E-state index contributed by atoms with van der Waals surface area (Å²) in [6, 6.07) is 0.425. The summed E-state index contributed by atoms with van der Waals surface area (Å²) in [6.07, 6.45) is 0.946. The van der Waals surface area contributed by atoms with Crippen LogP contribution in [0.1, 0.15) is 20.3 Å². The Morgan fingerprint density at radius 2 is 1.69 bits per heavy atom. The molecule has 0 saturated carbocycles. The molecule has 0 aliphatic rings. The SMILES string of the molecule is CNC(COCCOCCCOC)C(C)C. The van der Waals surface area contributed by atoms with Crippen molar-refractivity contribution in [3.63, 3.8) is 0 Å². The van der Waals surface area contributed by atoms with Crippen LogP contribution in [0, 0.1) is 5.92 Å². The van der Waals surface area contributed by atoms with Crippen molar-refractivity contribution >= 4 is 0 Å². The zero-order chi connectivity index (χ0) is 12.2. The van der Waals surface area contributed by atoms with Crippen molar-refractivity contribution < 1.29 is 14.2 Å². The molecule has 1 N–H and O–H groups in total. The van der Waals surface area contributed by atoms with Gasteiger partial charge in [0.15, 0.2) is 0 Å². The van der Waals surface area contributed by atoms with Crippen molar-refractivity contribution in [3.8, 4) is 0 Å². The van der Waals surface area contributed by atoms with Gasteiger partial charge in [-0.1, -0.05) is 13.8 Å². The summed E-state index contributed by atoms with van der Waals surface area (Å²) in [5, 5.41) is 3.24. The van der Waals surface area contributed by atoms with E-state index in [1.54, 1.807) is 7.11 Å². The Morgan fingerprint density at radius 1 is 1.00 bits per heavy atom. The van der Waals surface area contributed by atoms with E-state index >= 15 is 0 Å². The van der Waals surface area contributed by atoms with Crippen LogP contribution in [-0.4, -0.2) is 53.2 Å². The molecule has 0 saturated heterocycles. The zero-order valence-corrected chi connectivity index (χ0v) is 11.1. The average molecular weight is 233 g/mol. The molecular formula is C12H27NO3. The minimum atomic E-state index is 0.425. The Kier molecular flexibility index (Phi) is 11.2. The number of likely N-dealkylation sites (N-methyl/N-ethyl adjacent to an activating group) is 1. The second-order valence-corrected chi connectivity index (χ2v) is 4.17. The van der Waals surface area contributed by atoms with Gasteiger partial charge in [0.1, 0.15) is 0 Å². The van der Waals surface area contributed by atoms with Gasteiger partial charge in [0, 0.05) is 26.4 Å². The number of ether oxygens (including phenoxy) is 3. The van der Waals surface area contributed by atoms with E-state index in [1.807, 2.05) is 7.05 Å². The summed E-state index contributed by atoms with van der Waals surface area (Å²) in [5.74, 6) is 0.590. The molecule has 0 bridgehead atoms. The Morgan fingerprint density at radius 3 is 2.25 bits per heavy atom. The number of hydrogen-bond donors (Lipinski definition) is 1. The highest BCUT2D eigenvalue weighted by Gasteiger charge is 2.09. The van der Waals surface area contributed by atoms with Gasteiger partial charge in [-0.25, -0.2) is 0 Å². The molecule has 0 rings (SSSR count). The van der Waals surface area contributed by atoms with Crippen LogP contribution in [0.15, 0.2) is 0 Å². The Labute approximate surface area is 99.6 Å². The molecular weight excluding hydrogens is 206 g/mol. The minimum absolute atomic E-state index is 0.425. The van der Waals surface area contributed by atoms with Crippen molar-refractivity contribution in [1.82, 2.24) is 5.32 Å². The summed E-state index contributed by atoms with van der Waals surface area (Å²) in [4.78, 5) is 0. The van der Waals surface area contributed by atoms with E-state index < -0.39 is 0 Å². The van der Waals surface area contributed by atoms with E-state index in [2.05, 4.69) is 19.2 Å². The zero-order valence-electron chi connectivity index (χ0n) is 11.1. The first-order valence-corrected chi connectivity index (χ1v) is 6.04. The molecule has 1 unspecified atom stereocenters. The van der Waals surface area contributed by atoms with Crippen LogP contribution >= 0.6 is 0 Å². The molecule has 0 radical (unpaired) electrons. The predicted octanol–water partition coefficient (Wildman–Crippen LogP) is 1.30. The molecule has 16 heavy (non-hydrogen) atoms. The average Bonchev–Trinajstić information content (AvgIpc) is 2.26. The molecule has 4 heteroatoms. The van der Waals surface area contributed by atoms with Crippen molar-refractivity contribution in [2.75, 3.05) is 47.2 Å². The number of methoxy groups -OCH3 is 1. The predicted molar refractivity (Wildman–Crippen MR) is 65.8 cm³/mol. The fourth-order valence-electron chi connectivity index (χ4n) is 1.34. The minimum Gasteiger partial charge on any atom is -0.385 e. The third-order valence-electron chi connectivity index (χ3n) is 2.48. The standard InChI is InChI=1S/C12H27NO3/c1-11(2)12(13-3)10-16-9-8-15-7-5-6-14-4/h11-13H,5-10H2,1-4H3. The first-order chi connectivity index (χ1) is 7.72. The lowest BCUT2D eigenvalue weighted by Gasteiger charge is -2.19. The maximum atomic E-state index is 5.54. The molecule has 0 aromatic rings. The van der Waals surface area contributed by atoms with Crippen molar-refractivity contribution in [2.45, 2.75) is 26.3 Å². The van der Waals surface area contributed by atoms with Gasteiger partial charge < -0.3 is 19.5 Å². The Hall–Kier alpha value is -0.160. The third kappa shape index (κ3) is 9.09. The van der Waals surface area contributed by atoms with Gasteiger partial charge in [0.05, 0.1) is 19.8 Å². The van der Waals surface area contributed by atoms with E-state index in [0.29, 0.717) is 25.2 Å². The molecule has 0 spiro atoms. The first-order valence-electron chi connectivity index (χ1n) is 6.04. The van der Waals surface area contributed by atoms with Gasteiger partial charge in [0.25, 0.3) is 0 Å². The third-order valence-corrected chi connectivity index (χ3v) is 2.48. The normalized spacial score (nSPS) is 13.3. The van der Waals surface area contributed by atoms with Crippen LogP contribution in [0.25, 0.3) is 0 Å². The van der Waals surface area contributed by atoms with E-state index in [4.69, 9.17) is 14.2 Å². The summed E-state index contributed by atoms with van der Waals surface area (Å²) in [5.41, 5.74) is 0. The summed E-state index contributed by atoms with van der Waals surface area (Å²) < 4.78 is 15.8. The molecule has 0 aromatic carbocycles. The van der Waals surface area contributed by atoms with Gasteiger partial charge >= 0.3 is 0 Å². The molecule has 0 fully saturated rings. The molecule has 0 aliphatic carbocycles.